The predicted octanol–water partition coefficient (Wildman–Crippen LogP) is 2.73. The Morgan fingerprint density at radius 2 is 2.05 bits per heavy atom. The highest BCUT2D eigenvalue weighted by Crippen LogP contribution is 2.29. The van der Waals surface area contributed by atoms with Gasteiger partial charge in [0.15, 0.2) is 0 Å². The molecule has 0 radical (unpaired) electrons. The molecule has 1 amide bonds. The summed E-state index contributed by atoms with van der Waals surface area (Å²) in [5.41, 5.74) is 6.07. The van der Waals surface area contributed by atoms with Crippen molar-refractivity contribution >= 4 is 17.3 Å². The third-order valence-corrected chi connectivity index (χ3v) is 4.43. The second kappa shape index (κ2) is 6.11. The van der Waals surface area contributed by atoms with Gasteiger partial charge in [-0.25, -0.2) is 0 Å². The topological polar surface area (TPSA) is 98.3 Å². The van der Waals surface area contributed by atoms with E-state index < -0.39 is 4.92 Å². The van der Waals surface area contributed by atoms with Crippen LogP contribution in [0, 0.1) is 22.0 Å². The van der Waals surface area contributed by atoms with Gasteiger partial charge in [-0.15, -0.1) is 0 Å². The molecule has 21 heavy (non-hydrogen) atoms. The van der Waals surface area contributed by atoms with Gasteiger partial charge in [0.05, 0.1) is 10.5 Å². The van der Waals surface area contributed by atoms with Crippen molar-refractivity contribution in [3.63, 3.8) is 0 Å². The van der Waals surface area contributed by atoms with Crippen LogP contribution in [0.3, 0.4) is 0 Å². The molecule has 1 aliphatic carbocycles. The maximum absolute atomic E-state index is 12.3. The van der Waals surface area contributed by atoms with Crippen LogP contribution in [0.15, 0.2) is 18.2 Å². The average molecular weight is 291 g/mol. The molecule has 1 aromatic carbocycles. The Hall–Kier alpha value is -2.11. The van der Waals surface area contributed by atoms with E-state index in [0.717, 1.165) is 19.3 Å². The molecule has 1 saturated carbocycles. The molecule has 0 spiro atoms. The van der Waals surface area contributed by atoms with Gasteiger partial charge >= 0.3 is 0 Å². The number of non-ortho nitro benzene ring substituents is 1. The molecule has 1 fully saturated rings. The number of nitrogens with one attached hydrogen (secondary N) is 1. The summed E-state index contributed by atoms with van der Waals surface area (Å²) in [5, 5.41) is 13.7. The van der Waals surface area contributed by atoms with Gasteiger partial charge in [-0.05, 0) is 37.2 Å². The lowest BCUT2D eigenvalue weighted by molar-refractivity contribution is -0.384. The smallest absolute Gasteiger partial charge is 0.270 e. The van der Waals surface area contributed by atoms with Gasteiger partial charge in [-0.2, -0.15) is 0 Å². The molecular weight excluding hydrogens is 270 g/mol. The van der Waals surface area contributed by atoms with Crippen LogP contribution in [0.25, 0.3) is 0 Å². The summed E-state index contributed by atoms with van der Waals surface area (Å²) < 4.78 is 0. The van der Waals surface area contributed by atoms with Gasteiger partial charge < -0.3 is 11.1 Å². The van der Waals surface area contributed by atoms with Crippen LogP contribution in [-0.4, -0.2) is 16.9 Å². The van der Waals surface area contributed by atoms with Crippen molar-refractivity contribution < 1.29 is 9.72 Å². The van der Waals surface area contributed by atoms with Crippen LogP contribution in [0.1, 0.15) is 43.5 Å². The molecule has 3 unspecified atom stereocenters. The Kier molecular flexibility index (Phi) is 4.45. The summed E-state index contributed by atoms with van der Waals surface area (Å²) in [6, 6.07) is 4.05. The van der Waals surface area contributed by atoms with Crippen molar-refractivity contribution in [2.75, 3.05) is 5.73 Å². The van der Waals surface area contributed by atoms with Crippen LogP contribution in [0.4, 0.5) is 11.4 Å². The number of nitro groups is 1. The van der Waals surface area contributed by atoms with Gasteiger partial charge in [0, 0.05) is 23.9 Å². The summed E-state index contributed by atoms with van der Waals surface area (Å²) in [7, 11) is 0. The molecule has 1 aliphatic rings. The molecule has 0 bridgehead atoms. The number of anilines is 1. The van der Waals surface area contributed by atoms with Gasteiger partial charge in [0.25, 0.3) is 11.6 Å². The third-order valence-electron chi connectivity index (χ3n) is 4.43. The maximum atomic E-state index is 12.3. The average Bonchev–Trinajstić information content (AvgIpc) is 2.43. The Morgan fingerprint density at radius 1 is 1.33 bits per heavy atom. The van der Waals surface area contributed by atoms with Crippen molar-refractivity contribution in [3.05, 3.63) is 33.9 Å². The standard InChI is InChI=1S/C15H21N3O3/c1-9-3-4-11(7-10(9)2)17-15(19)13-8-12(18(20)21)5-6-14(13)16/h5-6,8-11H,3-4,7,16H2,1-2H3,(H,17,19). The van der Waals surface area contributed by atoms with Crippen molar-refractivity contribution in [2.45, 2.75) is 39.2 Å². The number of nitrogens with zero attached hydrogens (tertiary/aromatic N) is 1. The van der Waals surface area contributed by atoms with Crippen molar-refractivity contribution in [3.8, 4) is 0 Å². The summed E-state index contributed by atoms with van der Waals surface area (Å²) in [6.45, 7) is 4.41. The van der Waals surface area contributed by atoms with Crippen LogP contribution in [0.2, 0.25) is 0 Å². The monoisotopic (exact) mass is 291 g/mol. The van der Waals surface area contributed by atoms with Crippen LogP contribution in [-0.2, 0) is 0 Å². The number of hydrogen-bond donors (Lipinski definition) is 2. The van der Waals surface area contributed by atoms with E-state index in [4.69, 9.17) is 5.73 Å². The van der Waals surface area contributed by atoms with E-state index >= 15 is 0 Å². The number of hydrogen-bond acceptors (Lipinski definition) is 4. The highest BCUT2D eigenvalue weighted by molar-refractivity contribution is 5.99. The van der Waals surface area contributed by atoms with Crippen molar-refractivity contribution in [2.24, 2.45) is 11.8 Å². The lowest BCUT2D eigenvalue weighted by Gasteiger charge is -2.32. The predicted molar refractivity (Wildman–Crippen MR) is 80.9 cm³/mol. The summed E-state index contributed by atoms with van der Waals surface area (Å²) in [5.74, 6) is 0.899. The van der Waals surface area contributed by atoms with Crippen LogP contribution < -0.4 is 11.1 Å². The fourth-order valence-corrected chi connectivity index (χ4v) is 2.80. The number of rotatable bonds is 3. The van der Waals surface area contributed by atoms with Gasteiger partial charge in [-0.1, -0.05) is 13.8 Å². The number of nitro benzene ring substituents is 1. The molecule has 3 N–H and O–H groups in total. The highest BCUT2D eigenvalue weighted by Gasteiger charge is 2.26. The molecular formula is C15H21N3O3. The lowest BCUT2D eigenvalue weighted by atomic mass is 9.79. The van der Waals surface area contributed by atoms with E-state index in [-0.39, 0.29) is 28.9 Å². The minimum Gasteiger partial charge on any atom is -0.398 e. The fourth-order valence-electron chi connectivity index (χ4n) is 2.80. The number of carbonyl (C=O) groups is 1. The van der Waals surface area contributed by atoms with Crippen LogP contribution in [0.5, 0.6) is 0 Å². The Morgan fingerprint density at radius 3 is 2.67 bits per heavy atom. The SMILES string of the molecule is CC1CCC(NC(=O)c2cc([N+](=O)[O-])ccc2N)CC1C. The van der Waals surface area contributed by atoms with Crippen molar-refractivity contribution in [1.82, 2.24) is 5.32 Å². The first-order chi connectivity index (χ1) is 9.88. The molecule has 0 aliphatic heterocycles. The number of carbonyl (C=O) groups excluding carboxylic acids is 1. The Balaban J connectivity index is 2.10. The second-order valence-electron chi connectivity index (χ2n) is 5.97. The first-order valence-electron chi connectivity index (χ1n) is 7.23. The van der Waals surface area contributed by atoms with Crippen LogP contribution >= 0.6 is 0 Å². The minimum absolute atomic E-state index is 0.113. The second-order valence-corrected chi connectivity index (χ2v) is 5.97. The highest BCUT2D eigenvalue weighted by atomic mass is 16.6. The quantitative estimate of drug-likeness (QED) is 0.508. The Labute approximate surface area is 123 Å². The molecule has 1 aromatic rings. The number of amides is 1. The van der Waals surface area contributed by atoms with E-state index in [2.05, 4.69) is 19.2 Å². The summed E-state index contributed by atoms with van der Waals surface area (Å²) in [4.78, 5) is 22.5. The van der Waals surface area contributed by atoms with Gasteiger partial charge in [0.1, 0.15) is 0 Å². The number of benzene rings is 1. The molecule has 6 heteroatoms. The molecule has 0 saturated heterocycles. The van der Waals surface area contributed by atoms with E-state index in [0.29, 0.717) is 11.8 Å². The summed E-state index contributed by atoms with van der Waals surface area (Å²) in [6.07, 6.45) is 2.95. The van der Waals surface area contributed by atoms with E-state index in [1.807, 2.05) is 0 Å². The molecule has 2 rings (SSSR count). The fraction of sp³-hybridized carbons (Fsp3) is 0.533. The zero-order valence-electron chi connectivity index (χ0n) is 12.3. The molecule has 3 atom stereocenters. The largest absolute Gasteiger partial charge is 0.398 e. The van der Waals surface area contributed by atoms with E-state index in [1.165, 1.54) is 18.2 Å². The summed E-state index contributed by atoms with van der Waals surface area (Å²) >= 11 is 0. The zero-order valence-corrected chi connectivity index (χ0v) is 12.3. The molecule has 6 nitrogen and oxygen atoms in total. The first kappa shape index (κ1) is 15.3. The van der Waals surface area contributed by atoms with Gasteiger partial charge in [0.2, 0.25) is 0 Å². The first-order valence-corrected chi connectivity index (χ1v) is 7.23. The van der Waals surface area contributed by atoms with E-state index in [9.17, 15) is 14.9 Å². The van der Waals surface area contributed by atoms with Crippen molar-refractivity contribution in [1.29, 1.82) is 0 Å². The molecule has 0 heterocycles. The minimum atomic E-state index is -0.527. The maximum Gasteiger partial charge on any atom is 0.270 e. The lowest BCUT2D eigenvalue weighted by Crippen LogP contribution is -2.40. The zero-order chi connectivity index (χ0) is 15.6. The third kappa shape index (κ3) is 3.51. The number of nitrogens with two attached hydrogens (primary N) is 1. The normalized spacial score (nSPS) is 25.3. The molecule has 0 aromatic heterocycles. The Bertz CT molecular complexity index is 559. The molecule has 114 valence electrons. The van der Waals surface area contributed by atoms with E-state index in [1.54, 1.807) is 0 Å². The number of nitrogen functional groups attached to an aromatic ring is 1. The van der Waals surface area contributed by atoms with Gasteiger partial charge in [-0.3, -0.25) is 14.9 Å².